The van der Waals surface area contributed by atoms with E-state index in [1.165, 1.54) is 0 Å². The Labute approximate surface area is 116 Å². The number of anilines is 2. The molecule has 0 fully saturated rings. The Hall–Kier alpha value is -2.39. The smallest absolute Gasteiger partial charge is 0.349 e. The molecule has 1 heterocycles. The lowest BCUT2D eigenvalue weighted by Crippen LogP contribution is -2.00. The van der Waals surface area contributed by atoms with Crippen LogP contribution < -0.4 is 5.32 Å². The molecule has 0 aliphatic carbocycles. The normalized spacial score (nSPS) is 11.9. The fourth-order valence-electron chi connectivity index (χ4n) is 1.41. The summed E-state index contributed by atoms with van der Waals surface area (Å²) >= 11 is -1.07. The van der Waals surface area contributed by atoms with Crippen molar-refractivity contribution in [1.29, 1.82) is 0 Å². The first kappa shape index (κ1) is 14.0. The van der Waals surface area contributed by atoms with Crippen molar-refractivity contribution in [2.45, 2.75) is 4.90 Å². The van der Waals surface area contributed by atoms with Crippen LogP contribution in [0.4, 0.5) is 17.3 Å². The Balaban J connectivity index is 2.17. The van der Waals surface area contributed by atoms with Crippen molar-refractivity contribution < 1.29 is 14.6 Å². The van der Waals surface area contributed by atoms with Gasteiger partial charge in [0.05, 0.1) is 4.92 Å². The largest absolute Gasteiger partial charge is 0.612 e. The molecule has 8 nitrogen and oxygen atoms in total. The highest BCUT2D eigenvalue weighted by atomic mass is 32.2. The van der Waals surface area contributed by atoms with E-state index in [-0.39, 0.29) is 5.95 Å². The number of rotatable bonds is 4. The summed E-state index contributed by atoms with van der Waals surface area (Å²) in [7, 11) is 0. The van der Waals surface area contributed by atoms with Crippen molar-refractivity contribution in [3.05, 3.63) is 40.6 Å². The second-order valence-corrected chi connectivity index (χ2v) is 5.14. The van der Waals surface area contributed by atoms with Crippen LogP contribution in [0.5, 0.6) is 5.88 Å². The van der Waals surface area contributed by atoms with Crippen LogP contribution >= 0.6 is 0 Å². The summed E-state index contributed by atoms with van der Waals surface area (Å²) in [6.45, 7) is 0. The molecule has 20 heavy (non-hydrogen) atoms. The van der Waals surface area contributed by atoms with Gasteiger partial charge in [-0.1, -0.05) is 0 Å². The molecule has 0 aliphatic heterocycles. The average molecular weight is 294 g/mol. The maximum absolute atomic E-state index is 11.2. The molecule has 1 aromatic heterocycles. The highest BCUT2D eigenvalue weighted by Crippen LogP contribution is 2.24. The van der Waals surface area contributed by atoms with Crippen LogP contribution in [0.3, 0.4) is 0 Å². The van der Waals surface area contributed by atoms with Gasteiger partial charge in [0, 0.05) is 5.69 Å². The Morgan fingerprint density at radius 2 is 2.00 bits per heavy atom. The number of nitrogens with one attached hydrogen (secondary N) is 1. The molecule has 0 radical (unpaired) electrons. The fraction of sp³-hybridized carbons (Fsp3) is 0.0909. The number of hydrogen-bond acceptors (Lipinski definition) is 7. The van der Waals surface area contributed by atoms with Gasteiger partial charge in [-0.05, 0) is 35.4 Å². The number of benzene rings is 1. The van der Waals surface area contributed by atoms with E-state index in [1.54, 1.807) is 30.5 Å². The third-order valence-electron chi connectivity index (χ3n) is 2.39. The first-order valence-electron chi connectivity index (χ1n) is 5.38. The molecule has 104 valence electrons. The number of aromatic hydroxyl groups is 1. The molecule has 0 amide bonds. The summed E-state index contributed by atoms with van der Waals surface area (Å²) in [5.74, 6) is -0.683. The second kappa shape index (κ2) is 5.72. The van der Waals surface area contributed by atoms with Gasteiger partial charge in [0.2, 0.25) is 5.95 Å². The molecule has 0 aliphatic rings. The lowest BCUT2D eigenvalue weighted by atomic mass is 10.3. The molecule has 1 aromatic carbocycles. The average Bonchev–Trinajstić information content (AvgIpc) is 2.39. The maximum Gasteiger partial charge on any atom is 0.349 e. The lowest BCUT2D eigenvalue weighted by molar-refractivity contribution is -0.386. The van der Waals surface area contributed by atoms with Crippen molar-refractivity contribution in [1.82, 2.24) is 9.97 Å². The maximum atomic E-state index is 11.2. The third kappa shape index (κ3) is 3.13. The SMILES string of the molecule is C[S+]([O-])c1ccc(Nc2ncc([N+](=O)[O-])c(O)n2)cc1. The monoisotopic (exact) mass is 294 g/mol. The summed E-state index contributed by atoms with van der Waals surface area (Å²) in [6, 6.07) is 6.67. The highest BCUT2D eigenvalue weighted by Gasteiger charge is 2.16. The molecule has 0 spiro atoms. The van der Waals surface area contributed by atoms with Crippen LogP contribution in [0, 0.1) is 10.1 Å². The molecule has 9 heteroatoms. The predicted octanol–water partition coefficient (Wildman–Crippen LogP) is 1.57. The van der Waals surface area contributed by atoms with Crippen molar-refractivity contribution in [2.75, 3.05) is 11.6 Å². The standard InChI is InChI=1S/C11H10N4O4S/c1-20(19)8-4-2-7(3-5-8)13-11-12-6-9(15(17)18)10(16)14-11/h2-6H,1H3,(H2,12,13,14,16). The second-order valence-electron chi connectivity index (χ2n) is 3.76. The summed E-state index contributed by atoms with van der Waals surface area (Å²) in [4.78, 5) is 17.7. The molecule has 1 unspecified atom stereocenters. The van der Waals surface area contributed by atoms with E-state index in [2.05, 4.69) is 15.3 Å². The summed E-state index contributed by atoms with van der Waals surface area (Å²) < 4.78 is 11.2. The van der Waals surface area contributed by atoms with E-state index < -0.39 is 27.7 Å². The van der Waals surface area contributed by atoms with E-state index >= 15 is 0 Å². The van der Waals surface area contributed by atoms with Crippen LogP contribution in [-0.2, 0) is 11.2 Å². The summed E-state index contributed by atoms with van der Waals surface area (Å²) in [5.41, 5.74) is 0.0414. The fourth-order valence-corrected chi connectivity index (χ4v) is 1.93. The Morgan fingerprint density at radius 1 is 1.35 bits per heavy atom. The number of nitrogens with zero attached hydrogens (tertiary/aromatic N) is 3. The number of nitro groups is 1. The van der Waals surface area contributed by atoms with E-state index in [9.17, 15) is 19.8 Å². The zero-order chi connectivity index (χ0) is 14.7. The van der Waals surface area contributed by atoms with E-state index in [0.717, 1.165) is 6.20 Å². The lowest BCUT2D eigenvalue weighted by Gasteiger charge is -2.07. The van der Waals surface area contributed by atoms with Crippen molar-refractivity contribution in [2.24, 2.45) is 0 Å². The first-order chi connectivity index (χ1) is 9.47. The molecular formula is C11H10N4O4S. The van der Waals surface area contributed by atoms with Gasteiger partial charge >= 0.3 is 5.69 Å². The molecule has 2 rings (SSSR count). The van der Waals surface area contributed by atoms with Gasteiger partial charge in [0.15, 0.2) is 4.90 Å². The molecule has 0 bridgehead atoms. The quantitative estimate of drug-likeness (QED) is 0.498. The van der Waals surface area contributed by atoms with Gasteiger partial charge in [-0.15, -0.1) is 0 Å². The topological polar surface area (TPSA) is 124 Å². The summed E-state index contributed by atoms with van der Waals surface area (Å²) in [5, 5.41) is 22.7. The van der Waals surface area contributed by atoms with Gasteiger partial charge in [0.1, 0.15) is 12.5 Å². The van der Waals surface area contributed by atoms with Crippen LogP contribution in [0.25, 0.3) is 0 Å². The van der Waals surface area contributed by atoms with Crippen LogP contribution in [0.15, 0.2) is 35.4 Å². The van der Waals surface area contributed by atoms with Crippen molar-refractivity contribution in [3.8, 4) is 5.88 Å². The Bertz CT molecular complexity index is 633. The first-order valence-corrected chi connectivity index (χ1v) is 6.94. The van der Waals surface area contributed by atoms with Gasteiger partial charge in [0.25, 0.3) is 5.88 Å². The van der Waals surface area contributed by atoms with Crippen molar-refractivity contribution >= 4 is 28.5 Å². The van der Waals surface area contributed by atoms with Gasteiger partial charge in [-0.3, -0.25) is 10.1 Å². The molecular weight excluding hydrogens is 284 g/mol. The van der Waals surface area contributed by atoms with E-state index in [0.29, 0.717) is 10.6 Å². The third-order valence-corrected chi connectivity index (χ3v) is 3.33. The molecule has 0 saturated carbocycles. The van der Waals surface area contributed by atoms with Gasteiger partial charge in [-0.2, -0.15) is 4.98 Å². The Morgan fingerprint density at radius 3 is 2.50 bits per heavy atom. The van der Waals surface area contributed by atoms with E-state index in [1.807, 2.05) is 0 Å². The minimum Gasteiger partial charge on any atom is -0.612 e. The molecule has 0 saturated heterocycles. The minimum absolute atomic E-state index is 0.0264. The minimum atomic E-state index is -1.07. The Kier molecular flexibility index (Phi) is 4.01. The molecule has 2 N–H and O–H groups in total. The molecule has 2 aromatic rings. The van der Waals surface area contributed by atoms with Gasteiger partial charge in [-0.25, -0.2) is 4.98 Å². The zero-order valence-corrected chi connectivity index (χ0v) is 11.1. The number of hydrogen-bond donors (Lipinski definition) is 2. The zero-order valence-electron chi connectivity index (χ0n) is 10.3. The number of aromatic nitrogens is 2. The molecule has 1 atom stereocenters. The van der Waals surface area contributed by atoms with Crippen LogP contribution in [0.1, 0.15) is 0 Å². The van der Waals surface area contributed by atoms with Crippen LogP contribution in [0.2, 0.25) is 0 Å². The van der Waals surface area contributed by atoms with Crippen LogP contribution in [-0.4, -0.2) is 30.8 Å². The highest BCUT2D eigenvalue weighted by molar-refractivity contribution is 7.90. The van der Waals surface area contributed by atoms with E-state index in [4.69, 9.17) is 0 Å². The van der Waals surface area contributed by atoms with Crippen molar-refractivity contribution in [3.63, 3.8) is 0 Å². The predicted molar refractivity (Wildman–Crippen MR) is 72.4 cm³/mol. The van der Waals surface area contributed by atoms with Gasteiger partial charge < -0.3 is 15.0 Å². The summed E-state index contributed by atoms with van der Waals surface area (Å²) in [6.07, 6.45) is 2.49.